The Hall–Kier alpha value is -0.380. The summed E-state index contributed by atoms with van der Waals surface area (Å²) in [6.45, 7) is 3.39. The van der Waals surface area contributed by atoms with Crippen LogP contribution < -0.4 is 5.32 Å². The minimum atomic E-state index is 0.955. The van der Waals surface area contributed by atoms with Crippen molar-refractivity contribution in [1.82, 2.24) is 10.2 Å². The lowest BCUT2D eigenvalue weighted by atomic mass is 10.1. The van der Waals surface area contributed by atoms with Gasteiger partial charge in [-0.25, -0.2) is 0 Å². The second kappa shape index (κ2) is 6.53. The van der Waals surface area contributed by atoms with Gasteiger partial charge in [-0.3, -0.25) is 0 Å². The highest BCUT2D eigenvalue weighted by atomic mass is 32.1. The van der Waals surface area contributed by atoms with Gasteiger partial charge >= 0.3 is 0 Å². The quantitative estimate of drug-likeness (QED) is 0.837. The fourth-order valence-corrected chi connectivity index (χ4v) is 3.85. The molecule has 0 saturated heterocycles. The maximum Gasteiger partial charge on any atom is 0.0325 e. The number of rotatable bonds is 6. The van der Waals surface area contributed by atoms with Crippen LogP contribution in [0.4, 0.5) is 0 Å². The predicted molar refractivity (Wildman–Crippen MR) is 75.4 cm³/mol. The third kappa shape index (κ3) is 4.09. The van der Waals surface area contributed by atoms with E-state index < -0.39 is 0 Å². The number of nitrogens with zero attached hydrogens (tertiary/aromatic N) is 1. The van der Waals surface area contributed by atoms with E-state index in [1.54, 1.807) is 0 Å². The van der Waals surface area contributed by atoms with Gasteiger partial charge in [0.15, 0.2) is 0 Å². The number of thiophene rings is 1. The molecule has 1 aliphatic rings. The number of nitrogens with one attached hydrogen (secondary N) is 1. The maximum atomic E-state index is 3.21. The molecule has 1 saturated carbocycles. The van der Waals surface area contributed by atoms with Crippen LogP contribution in [0.2, 0.25) is 0 Å². The van der Waals surface area contributed by atoms with Gasteiger partial charge in [0.1, 0.15) is 0 Å². The van der Waals surface area contributed by atoms with Gasteiger partial charge in [-0.1, -0.05) is 12.8 Å². The van der Waals surface area contributed by atoms with E-state index in [0.29, 0.717) is 0 Å². The van der Waals surface area contributed by atoms with E-state index in [0.717, 1.165) is 19.0 Å². The Morgan fingerprint density at radius 3 is 2.71 bits per heavy atom. The fraction of sp³-hybridized carbons (Fsp3) is 0.714. The van der Waals surface area contributed by atoms with Crippen LogP contribution in [0.25, 0.3) is 0 Å². The molecule has 1 heterocycles. The SMILES string of the molecule is CNCc1ccc(CN(C)CC2CCCC2)s1. The van der Waals surface area contributed by atoms with E-state index >= 15 is 0 Å². The van der Waals surface area contributed by atoms with E-state index in [9.17, 15) is 0 Å². The van der Waals surface area contributed by atoms with Crippen LogP contribution in [0, 0.1) is 5.92 Å². The van der Waals surface area contributed by atoms with E-state index in [1.165, 1.54) is 42.0 Å². The molecule has 2 nitrogen and oxygen atoms in total. The Labute approximate surface area is 109 Å². The molecular weight excluding hydrogens is 228 g/mol. The molecule has 96 valence electrons. The molecule has 1 aliphatic carbocycles. The number of hydrogen-bond acceptors (Lipinski definition) is 3. The summed E-state index contributed by atoms with van der Waals surface area (Å²) in [6.07, 6.45) is 5.78. The summed E-state index contributed by atoms with van der Waals surface area (Å²) >= 11 is 1.94. The summed E-state index contributed by atoms with van der Waals surface area (Å²) in [4.78, 5) is 5.43. The van der Waals surface area contributed by atoms with Crippen LogP contribution in [0.5, 0.6) is 0 Å². The summed E-state index contributed by atoms with van der Waals surface area (Å²) in [6, 6.07) is 4.53. The Bertz CT molecular complexity index is 329. The molecule has 0 spiro atoms. The average molecular weight is 252 g/mol. The minimum Gasteiger partial charge on any atom is -0.315 e. The van der Waals surface area contributed by atoms with Crippen molar-refractivity contribution in [2.45, 2.75) is 38.8 Å². The van der Waals surface area contributed by atoms with Gasteiger partial charge in [0.25, 0.3) is 0 Å². The van der Waals surface area contributed by atoms with E-state index in [-0.39, 0.29) is 0 Å². The first-order chi connectivity index (χ1) is 8.28. The van der Waals surface area contributed by atoms with Crippen molar-refractivity contribution >= 4 is 11.3 Å². The third-order valence-electron chi connectivity index (χ3n) is 3.54. The first-order valence-corrected chi connectivity index (χ1v) is 7.50. The molecular formula is C14H24N2S. The monoisotopic (exact) mass is 252 g/mol. The van der Waals surface area contributed by atoms with Crippen molar-refractivity contribution in [1.29, 1.82) is 0 Å². The van der Waals surface area contributed by atoms with Crippen LogP contribution in [-0.4, -0.2) is 25.5 Å². The second-order valence-electron chi connectivity index (χ2n) is 5.25. The van der Waals surface area contributed by atoms with Gasteiger partial charge in [0.05, 0.1) is 0 Å². The first kappa shape index (κ1) is 13.1. The Morgan fingerprint density at radius 2 is 2.00 bits per heavy atom. The van der Waals surface area contributed by atoms with Gasteiger partial charge in [-0.05, 0) is 45.0 Å². The van der Waals surface area contributed by atoms with E-state index in [2.05, 4.69) is 29.4 Å². The lowest BCUT2D eigenvalue weighted by Gasteiger charge is -2.19. The minimum absolute atomic E-state index is 0.955. The largest absolute Gasteiger partial charge is 0.315 e. The molecule has 0 aliphatic heterocycles. The Kier molecular flexibility index (Phi) is 5.01. The summed E-state index contributed by atoms with van der Waals surface area (Å²) in [5.41, 5.74) is 0. The van der Waals surface area contributed by atoms with Gasteiger partial charge < -0.3 is 10.2 Å². The summed E-state index contributed by atoms with van der Waals surface area (Å²) in [7, 11) is 4.27. The molecule has 0 atom stereocenters. The van der Waals surface area contributed by atoms with E-state index in [1.807, 2.05) is 18.4 Å². The van der Waals surface area contributed by atoms with Crippen molar-refractivity contribution in [3.8, 4) is 0 Å². The van der Waals surface area contributed by atoms with Gasteiger partial charge in [0, 0.05) is 29.4 Å². The number of hydrogen-bond donors (Lipinski definition) is 1. The molecule has 0 bridgehead atoms. The van der Waals surface area contributed by atoms with E-state index in [4.69, 9.17) is 0 Å². The zero-order valence-corrected chi connectivity index (χ0v) is 11.9. The molecule has 2 rings (SSSR count). The van der Waals surface area contributed by atoms with Crippen LogP contribution in [0.1, 0.15) is 35.4 Å². The topological polar surface area (TPSA) is 15.3 Å². The van der Waals surface area contributed by atoms with Crippen molar-refractivity contribution in [3.05, 3.63) is 21.9 Å². The summed E-state index contributed by atoms with van der Waals surface area (Å²) in [5, 5.41) is 3.21. The second-order valence-corrected chi connectivity index (χ2v) is 6.50. The van der Waals surface area contributed by atoms with Crippen LogP contribution in [0.3, 0.4) is 0 Å². The molecule has 0 amide bonds. The molecule has 1 aromatic heterocycles. The fourth-order valence-electron chi connectivity index (χ4n) is 2.74. The summed E-state index contributed by atoms with van der Waals surface area (Å²) < 4.78 is 0. The molecule has 1 aromatic rings. The van der Waals surface area contributed by atoms with Crippen molar-refractivity contribution < 1.29 is 0 Å². The lowest BCUT2D eigenvalue weighted by molar-refractivity contribution is 0.273. The van der Waals surface area contributed by atoms with Gasteiger partial charge in [-0.2, -0.15) is 0 Å². The highest BCUT2D eigenvalue weighted by molar-refractivity contribution is 7.11. The zero-order valence-electron chi connectivity index (χ0n) is 11.0. The third-order valence-corrected chi connectivity index (χ3v) is 4.61. The molecule has 0 unspecified atom stereocenters. The first-order valence-electron chi connectivity index (χ1n) is 6.68. The molecule has 0 radical (unpaired) electrons. The van der Waals surface area contributed by atoms with Crippen molar-refractivity contribution in [3.63, 3.8) is 0 Å². The lowest BCUT2D eigenvalue weighted by Crippen LogP contribution is -2.23. The Balaban J connectivity index is 1.78. The predicted octanol–water partition coefficient (Wildman–Crippen LogP) is 3.09. The highest BCUT2D eigenvalue weighted by Gasteiger charge is 2.16. The summed E-state index contributed by atoms with van der Waals surface area (Å²) in [5.74, 6) is 0.955. The maximum absolute atomic E-state index is 3.21. The van der Waals surface area contributed by atoms with Crippen molar-refractivity contribution in [2.75, 3.05) is 20.6 Å². The molecule has 3 heteroatoms. The average Bonchev–Trinajstić information content (AvgIpc) is 2.91. The standard InChI is InChI=1S/C14H24N2S/c1-15-9-13-7-8-14(17-13)11-16(2)10-12-5-3-4-6-12/h7-8,12,15H,3-6,9-11H2,1-2H3. The zero-order chi connectivity index (χ0) is 12.1. The molecule has 17 heavy (non-hydrogen) atoms. The highest BCUT2D eigenvalue weighted by Crippen LogP contribution is 2.26. The van der Waals surface area contributed by atoms with Gasteiger partial charge in [0.2, 0.25) is 0 Å². The van der Waals surface area contributed by atoms with Crippen LogP contribution >= 0.6 is 11.3 Å². The van der Waals surface area contributed by atoms with Crippen LogP contribution in [0.15, 0.2) is 12.1 Å². The van der Waals surface area contributed by atoms with Crippen LogP contribution in [-0.2, 0) is 13.1 Å². The normalized spacial score (nSPS) is 17.1. The smallest absolute Gasteiger partial charge is 0.0325 e. The molecule has 1 N–H and O–H groups in total. The molecule has 0 aromatic carbocycles. The molecule has 1 fully saturated rings. The Morgan fingerprint density at radius 1 is 1.29 bits per heavy atom. The van der Waals surface area contributed by atoms with Gasteiger partial charge in [-0.15, -0.1) is 11.3 Å². The van der Waals surface area contributed by atoms with Crippen molar-refractivity contribution in [2.24, 2.45) is 5.92 Å².